The molecule has 0 heterocycles. The summed E-state index contributed by atoms with van der Waals surface area (Å²) in [6.07, 6.45) is 0. The van der Waals surface area contributed by atoms with Gasteiger partial charge in [-0.3, -0.25) is 4.72 Å². The minimum Gasteiger partial charge on any atom is -0.395 e. The van der Waals surface area contributed by atoms with E-state index in [1.165, 1.54) is 0 Å². The van der Waals surface area contributed by atoms with Crippen molar-refractivity contribution in [2.75, 3.05) is 17.1 Å². The van der Waals surface area contributed by atoms with Gasteiger partial charge in [0.2, 0.25) is 10.0 Å². The summed E-state index contributed by atoms with van der Waals surface area (Å²) < 4.78 is 24.8. The minimum atomic E-state index is -3.40. The largest absolute Gasteiger partial charge is 0.395 e. The van der Waals surface area contributed by atoms with Crippen LogP contribution >= 0.6 is 0 Å². The van der Waals surface area contributed by atoms with Crippen LogP contribution in [0.15, 0.2) is 24.3 Å². The Labute approximate surface area is 83.6 Å². The van der Waals surface area contributed by atoms with Crippen molar-refractivity contribution in [1.82, 2.24) is 0 Å². The molecule has 78 valence electrons. The van der Waals surface area contributed by atoms with Gasteiger partial charge < -0.3 is 5.11 Å². The first-order chi connectivity index (χ1) is 6.53. The lowest BCUT2D eigenvalue weighted by molar-refractivity contribution is 0.320. The SMILES string of the molecule is Cc1ccc(NS(=O)(=O)CCO)cc1. The molecule has 1 rings (SSSR count). The molecule has 0 saturated heterocycles. The molecule has 0 aliphatic rings. The Kier molecular flexibility index (Phi) is 3.49. The van der Waals surface area contributed by atoms with E-state index in [2.05, 4.69) is 4.72 Å². The maximum Gasteiger partial charge on any atom is 0.234 e. The van der Waals surface area contributed by atoms with E-state index in [1.54, 1.807) is 12.1 Å². The lowest BCUT2D eigenvalue weighted by Gasteiger charge is -2.06. The van der Waals surface area contributed by atoms with Crippen LogP contribution in [0.1, 0.15) is 5.56 Å². The van der Waals surface area contributed by atoms with E-state index in [4.69, 9.17) is 5.11 Å². The Balaban J connectivity index is 2.74. The number of aliphatic hydroxyl groups is 1. The van der Waals surface area contributed by atoms with E-state index in [0.29, 0.717) is 5.69 Å². The normalized spacial score (nSPS) is 11.3. The second kappa shape index (κ2) is 4.43. The summed E-state index contributed by atoms with van der Waals surface area (Å²) in [4.78, 5) is 0. The highest BCUT2D eigenvalue weighted by Gasteiger charge is 2.08. The maximum atomic E-state index is 11.2. The number of aryl methyl sites for hydroxylation is 1. The predicted molar refractivity (Wildman–Crippen MR) is 55.7 cm³/mol. The first-order valence-electron chi connectivity index (χ1n) is 4.21. The van der Waals surface area contributed by atoms with Gasteiger partial charge in [0.1, 0.15) is 0 Å². The summed E-state index contributed by atoms with van der Waals surface area (Å²) in [5, 5.41) is 8.50. The Bertz CT molecular complexity index is 383. The lowest BCUT2D eigenvalue weighted by Crippen LogP contribution is -2.18. The van der Waals surface area contributed by atoms with Gasteiger partial charge in [-0.1, -0.05) is 17.7 Å². The van der Waals surface area contributed by atoms with E-state index in [0.717, 1.165) is 5.56 Å². The van der Waals surface area contributed by atoms with Gasteiger partial charge in [0.25, 0.3) is 0 Å². The Morgan fingerprint density at radius 3 is 2.36 bits per heavy atom. The van der Waals surface area contributed by atoms with Crippen molar-refractivity contribution >= 4 is 15.7 Å². The number of hydrogen-bond donors (Lipinski definition) is 2. The van der Waals surface area contributed by atoms with Gasteiger partial charge in [0.15, 0.2) is 0 Å². The van der Waals surface area contributed by atoms with Crippen LogP contribution in [0.25, 0.3) is 0 Å². The van der Waals surface area contributed by atoms with Crippen LogP contribution in [0.4, 0.5) is 5.69 Å². The average molecular weight is 215 g/mol. The first-order valence-corrected chi connectivity index (χ1v) is 5.87. The van der Waals surface area contributed by atoms with E-state index in [1.807, 2.05) is 19.1 Å². The molecule has 0 amide bonds. The van der Waals surface area contributed by atoms with Gasteiger partial charge in [-0.2, -0.15) is 0 Å². The van der Waals surface area contributed by atoms with Gasteiger partial charge >= 0.3 is 0 Å². The quantitative estimate of drug-likeness (QED) is 0.778. The maximum absolute atomic E-state index is 11.2. The van der Waals surface area contributed by atoms with Gasteiger partial charge in [0.05, 0.1) is 12.4 Å². The summed E-state index contributed by atoms with van der Waals surface area (Å²) in [5.41, 5.74) is 1.58. The zero-order chi connectivity index (χ0) is 10.6. The zero-order valence-corrected chi connectivity index (χ0v) is 8.71. The molecule has 14 heavy (non-hydrogen) atoms. The average Bonchev–Trinajstić information content (AvgIpc) is 2.08. The Morgan fingerprint density at radius 2 is 1.86 bits per heavy atom. The van der Waals surface area contributed by atoms with Crippen molar-refractivity contribution in [3.8, 4) is 0 Å². The zero-order valence-electron chi connectivity index (χ0n) is 7.90. The number of hydrogen-bond acceptors (Lipinski definition) is 3. The molecule has 0 aliphatic carbocycles. The Hall–Kier alpha value is -1.07. The third-order valence-corrected chi connectivity index (χ3v) is 2.95. The lowest BCUT2D eigenvalue weighted by atomic mass is 10.2. The van der Waals surface area contributed by atoms with Gasteiger partial charge in [-0.25, -0.2) is 8.42 Å². The molecule has 1 aromatic carbocycles. The van der Waals surface area contributed by atoms with Crippen LogP contribution in [0.2, 0.25) is 0 Å². The third-order valence-electron chi connectivity index (χ3n) is 1.68. The van der Waals surface area contributed by atoms with Crippen LogP contribution in [-0.2, 0) is 10.0 Å². The molecule has 0 bridgehead atoms. The van der Waals surface area contributed by atoms with Crippen LogP contribution in [-0.4, -0.2) is 25.9 Å². The van der Waals surface area contributed by atoms with Gasteiger partial charge in [0, 0.05) is 5.69 Å². The molecule has 0 saturated carbocycles. The van der Waals surface area contributed by atoms with Crippen LogP contribution < -0.4 is 4.72 Å². The fraction of sp³-hybridized carbons (Fsp3) is 0.333. The molecule has 0 spiro atoms. The summed E-state index contributed by atoms with van der Waals surface area (Å²) in [6, 6.07) is 7.00. The second-order valence-corrected chi connectivity index (χ2v) is 4.85. The molecule has 5 heteroatoms. The van der Waals surface area contributed by atoms with Gasteiger partial charge in [-0.15, -0.1) is 0 Å². The number of anilines is 1. The topological polar surface area (TPSA) is 66.4 Å². The molecule has 0 atom stereocenters. The number of sulfonamides is 1. The minimum absolute atomic E-state index is 0.277. The van der Waals surface area contributed by atoms with Crippen molar-refractivity contribution in [3.05, 3.63) is 29.8 Å². The molecule has 0 aromatic heterocycles. The highest BCUT2D eigenvalue weighted by atomic mass is 32.2. The number of aliphatic hydroxyl groups excluding tert-OH is 1. The fourth-order valence-electron chi connectivity index (χ4n) is 0.972. The van der Waals surface area contributed by atoms with Crippen LogP contribution in [0.3, 0.4) is 0 Å². The summed E-state index contributed by atoms with van der Waals surface area (Å²) in [7, 11) is -3.40. The van der Waals surface area contributed by atoms with E-state index in [9.17, 15) is 8.42 Å². The number of rotatable bonds is 4. The van der Waals surface area contributed by atoms with E-state index in [-0.39, 0.29) is 12.4 Å². The third kappa shape index (κ3) is 3.35. The van der Waals surface area contributed by atoms with Crippen molar-refractivity contribution < 1.29 is 13.5 Å². The van der Waals surface area contributed by atoms with Crippen molar-refractivity contribution in [1.29, 1.82) is 0 Å². The summed E-state index contributed by atoms with van der Waals surface area (Å²) in [5.74, 6) is -0.277. The standard InChI is InChI=1S/C9H13NO3S/c1-8-2-4-9(5-3-8)10-14(12,13)7-6-11/h2-5,10-11H,6-7H2,1H3. The molecular weight excluding hydrogens is 202 g/mol. The Morgan fingerprint density at radius 1 is 1.29 bits per heavy atom. The molecular formula is C9H13NO3S. The molecule has 1 aromatic rings. The molecule has 0 aliphatic heterocycles. The van der Waals surface area contributed by atoms with Crippen molar-refractivity contribution in [2.24, 2.45) is 0 Å². The van der Waals surface area contributed by atoms with Crippen molar-refractivity contribution in [2.45, 2.75) is 6.92 Å². The fourth-order valence-corrected chi connectivity index (χ4v) is 1.81. The molecule has 4 nitrogen and oxygen atoms in total. The van der Waals surface area contributed by atoms with Crippen LogP contribution in [0, 0.1) is 6.92 Å². The smallest absolute Gasteiger partial charge is 0.234 e. The number of benzene rings is 1. The first kappa shape index (κ1) is 11.0. The molecule has 2 N–H and O–H groups in total. The molecule has 0 fully saturated rings. The second-order valence-electron chi connectivity index (χ2n) is 3.01. The predicted octanol–water partition coefficient (Wildman–Crippen LogP) is 0.729. The monoisotopic (exact) mass is 215 g/mol. The summed E-state index contributed by atoms with van der Waals surface area (Å²) in [6.45, 7) is 1.55. The van der Waals surface area contributed by atoms with E-state index < -0.39 is 10.0 Å². The highest BCUT2D eigenvalue weighted by molar-refractivity contribution is 7.92. The molecule has 0 radical (unpaired) electrons. The molecule has 0 unspecified atom stereocenters. The number of nitrogens with one attached hydrogen (secondary N) is 1. The van der Waals surface area contributed by atoms with Crippen LogP contribution in [0.5, 0.6) is 0 Å². The van der Waals surface area contributed by atoms with Gasteiger partial charge in [-0.05, 0) is 19.1 Å². The highest BCUT2D eigenvalue weighted by Crippen LogP contribution is 2.10. The van der Waals surface area contributed by atoms with Crippen molar-refractivity contribution in [3.63, 3.8) is 0 Å². The van der Waals surface area contributed by atoms with E-state index >= 15 is 0 Å². The summed E-state index contributed by atoms with van der Waals surface area (Å²) >= 11 is 0.